The standard InChI is InChI=1S/C14H17N3O2.C6H11NO4.C5H12O/c1-11-6-8-12(9-7-11)18-10-19-17(16)14-5-3-2-4-13(14)15;1-6(2,10)11-5(9)7-3-4-8;1-5(2,3)6-4/h2-9H,10,15-16H2,1H3;4,10H,3H2,1-2H3,(H,7,9);1-4H3. The first-order valence-corrected chi connectivity index (χ1v) is 11.1. The molecule has 0 fully saturated rings. The van der Waals surface area contributed by atoms with Crippen molar-refractivity contribution in [3.63, 3.8) is 0 Å². The van der Waals surface area contributed by atoms with Crippen molar-refractivity contribution in [3.05, 3.63) is 54.1 Å². The lowest BCUT2D eigenvalue weighted by molar-refractivity contribution is -0.131. The lowest BCUT2D eigenvalue weighted by atomic mass is 10.2. The molecule has 2 rings (SSSR count). The molecule has 0 aliphatic rings. The number of hydrazine groups is 1. The predicted molar refractivity (Wildman–Crippen MR) is 139 cm³/mol. The van der Waals surface area contributed by atoms with Crippen molar-refractivity contribution >= 4 is 23.8 Å². The molecule has 11 heteroatoms. The zero-order valence-corrected chi connectivity index (χ0v) is 22.1. The van der Waals surface area contributed by atoms with E-state index >= 15 is 0 Å². The molecule has 0 heterocycles. The summed E-state index contributed by atoms with van der Waals surface area (Å²) in [5.74, 6) is 4.95. The average molecular weight is 509 g/mol. The molecule has 0 saturated heterocycles. The highest BCUT2D eigenvalue weighted by Crippen LogP contribution is 2.20. The Balaban J connectivity index is 0.000000610. The van der Waals surface area contributed by atoms with Gasteiger partial charge < -0.3 is 35.2 Å². The average Bonchev–Trinajstić information content (AvgIpc) is 2.78. The topological polar surface area (TPSA) is 159 Å². The summed E-state index contributed by atoms with van der Waals surface area (Å²) in [5, 5.41) is 12.1. The largest absolute Gasteiger partial charge is 0.465 e. The Labute approximate surface area is 213 Å². The van der Waals surface area contributed by atoms with Crippen LogP contribution in [0.5, 0.6) is 5.75 Å². The summed E-state index contributed by atoms with van der Waals surface area (Å²) in [6.07, 6.45) is -0.296. The van der Waals surface area contributed by atoms with Gasteiger partial charge in [-0.2, -0.15) is 5.17 Å². The number of benzene rings is 2. The highest BCUT2D eigenvalue weighted by Gasteiger charge is 2.17. The number of carbonyl (C=O) groups excluding carboxylic acids is 2. The van der Waals surface area contributed by atoms with Crippen LogP contribution in [0.1, 0.15) is 40.2 Å². The molecule has 2 aromatic rings. The first-order chi connectivity index (χ1) is 16.7. The number of alkyl carbamates (subject to hydrolysis) is 1. The van der Waals surface area contributed by atoms with Crippen molar-refractivity contribution in [1.82, 2.24) is 5.32 Å². The second-order valence-corrected chi connectivity index (χ2v) is 8.79. The van der Waals surface area contributed by atoms with E-state index in [2.05, 4.69) is 10.1 Å². The number of hydrogen-bond acceptors (Lipinski definition) is 10. The zero-order valence-electron chi connectivity index (χ0n) is 22.1. The molecule has 0 aliphatic carbocycles. The maximum Gasteiger partial charge on any atom is 0.409 e. The number of rotatable bonds is 8. The van der Waals surface area contributed by atoms with Crippen molar-refractivity contribution in [2.45, 2.75) is 52.9 Å². The second-order valence-electron chi connectivity index (χ2n) is 8.79. The van der Waals surface area contributed by atoms with Crippen LogP contribution in [0.3, 0.4) is 0 Å². The molecule has 0 bridgehead atoms. The van der Waals surface area contributed by atoms with Gasteiger partial charge in [0.25, 0.3) is 0 Å². The summed E-state index contributed by atoms with van der Waals surface area (Å²) < 4.78 is 14.7. The van der Waals surface area contributed by atoms with E-state index in [9.17, 15) is 9.59 Å². The van der Waals surface area contributed by atoms with Gasteiger partial charge in [-0.05, 0) is 52.0 Å². The van der Waals surface area contributed by atoms with E-state index in [0.29, 0.717) is 17.7 Å². The quantitative estimate of drug-likeness (QED) is 0.137. The highest BCUT2D eigenvalue weighted by molar-refractivity contribution is 5.71. The minimum atomic E-state index is -1.51. The lowest BCUT2D eigenvalue weighted by Crippen LogP contribution is -2.35. The molecular weight excluding hydrogens is 468 g/mol. The lowest BCUT2D eigenvalue weighted by Gasteiger charge is -2.19. The van der Waals surface area contributed by atoms with Crippen molar-refractivity contribution in [1.29, 1.82) is 0 Å². The molecular formula is C25H40N4O7. The Morgan fingerprint density at radius 2 is 1.64 bits per heavy atom. The van der Waals surface area contributed by atoms with Crippen LogP contribution in [0.4, 0.5) is 16.2 Å². The number of nitrogens with one attached hydrogen (secondary N) is 1. The van der Waals surface area contributed by atoms with Crippen LogP contribution in [-0.2, 0) is 19.1 Å². The molecule has 0 aromatic heterocycles. The van der Waals surface area contributed by atoms with Crippen LogP contribution in [0.2, 0.25) is 0 Å². The van der Waals surface area contributed by atoms with Crippen molar-refractivity contribution in [2.24, 2.45) is 5.84 Å². The Morgan fingerprint density at radius 1 is 1.08 bits per heavy atom. The van der Waals surface area contributed by atoms with Crippen molar-refractivity contribution < 1.29 is 33.7 Å². The monoisotopic (exact) mass is 508 g/mol. The van der Waals surface area contributed by atoms with Crippen molar-refractivity contribution in [2.75, 3.05) is 31.4 Å². The molecule has 0 aliphatic heterocycles. The Hall–Kier alpha value is -3.38. The third-order valence-corrected chi connectivity index (χ3v) is 3.90. The normalized spacial score (nSPS) is 10.6. The first-order valence-electron chi connectivity index (χ1n) is 11.1. The van der Waals surface area contributed by atoms with E-state index in [4.69, 9.17) is 31.0 Å². The Kier molecular flexibility index (Phi) is 14.8. The molecule has 0 saturated carbocycles. The van der Waals surface area contributed by atoms with Gasteiger partial charge in [-0.3, -0.25) is 0 Å². The summed E-state index contributed by atoms with van der Waals surface area (Å²) in [5.41, 5.74) is 8.13. The number of para-hydroxylation sites is 2. The Morgan fingerprint density at radius 3 is 2.11 bits per heavy atom. The molecule has 0 radical (unpaired) electrons. The highest BCUT2D eigenvalue weighted by atomic mass is 16.8. The van der Waals surface area contributed by atoms with Gasteiger partial charge in [-0.25, -0.2) is 15.5 Å². The van der Waals surface area contributed by atoms with Crippen LogP contribution in [-0.4, -0.2) is 49.3 Å². The van der Waals surface area contributed by atoms with Crippen LogP contribution < -0.4 is 26.8 Å². The summed E-state index contributed by atoms with van der Waals surface area (Å²) in [6, 6.07) is 14.8. The summed E-state index contributed by atoms with van der Waals surface area (Å²) >= 11 is 0. The molecule has 6 N–H and O–H groups in total. The number of aliphatic hydroxyl groups is 1. The molecule has 2 aromatic carbocycles. The van der Waals surface area contributed by atoms with E-state index in [1.54, 1.807) is 19.2 Å². The van der Waals surface area contributed by atoms with Crippen LogP contribution in [0, 0.1) is 6.92 Å². The van der Waals surface area contributed by atoms with E-state index in [0.717, 1.165) is 10.9 Å². The third-order valence-electron chi connectivity index (χ3n) is 3.90. The number of aldehydes is 1. The minimum absolute atomic E-state index is 0.00783. The molecule has 1 amide bonds. The SMILES string of the molecule is CC(C)(O)OC(=O)NCC=O.COC(C)(C)C.Cc1ccc(OCON(N)c2ccccc2N)cc1. The maximum absolute atomic E-state index is 10.6. The number of hydrogen-bond donors (Lipinski definition) is 4. The predicted octanol–water partition coefficient (Wildman–Crippen LogP) is 3.30. The zero-order chi connectivity index (χ0) is 27.8. The van der Waals surface area contributed by atoms with Crippen molar-refractivity contribution in [3.8, 4) is 5.75 Å². The number of methoxy groups -OCH3 is 1. The number of nitrogens with two attached hydrogens (primary N) is 2. The first kappa shape index (κ1) is 32.6. The van der Waals surface area contributed by atoms with Gasteiger partial charge in [-0.1, -0.05) is 29.8 Å². The fourth-order valence-electron chi connectivity index (χ4n) is 1.93. The van der Waals surface area contributed by atoms with E-state index in [1.807, 2.05) is 64.1 Å². The fraction of sp³-hybridized carbons (Fsp3) is 0.440. The maximum atomic E-state index is 10.6. The van der Waals surface area contributed by atoms with Gasteiger partial charge in [0, 0.05) is 21.0 Å². The molecule has 0 unspecified atom stereocenters. The number of ether oxygens (including phenoxy) is 3. The van der Waals surface area contributed by atoms with Gasteiger partial charge in [0.05, 0.1) is 17.8 Å². The van der Waals surface area contributed by atoms with Crippen LogP contribution in [0.15, 0.2) is 48.5 Å². The number of aryl methyl sites for hydroxylation is 1. The summed E-state index contributed by atoms with van der Waals surface area (Å²) in [7, 11) is 1.71. The Bertz CT molecular complexity index is 895. The number of nitrogen functional groups attached to an aromatic ring is 1. The number of nitrogens with zero attached hydrogens (tertiary/aromatic N) is 1. The van der Waals surface area contributed by atoms with Crippen LogP contribution in [0.25, 0.3) is 0 Å². The number of amides is 1. The van der Waals surface area contributed by atoms with Gasteiger partial charge in [0.15, 0.2) is 0 Å². The van der Waals surface area contributed by atoms with E-state index < -0.39 is 11.9 Å². The minimum Gasteiger partial charge on any atom is -0.465 e. The summed E-state index contributed by atoms with van der Waals surface area (Å²) in [6.45, 7) is 10.6. The summed E-state index contributed by atoms with van der Waals surface area (Å²) in [4.78, 5) is 25.6. The van der Waals surface area contributed by atoms with E-state index in [1.165, 1.54) is 19.4 Å². The third kappa shape index (κ3) is 17.1. The second kappa shape index (κ2) is 16.3. The molecule has 202 valence electrons. The smallest absolute Gasteiger partial charge is 0.409 e. The van der Waals surface area contributed by atoms with Gasteiger partial charge in [0.1, 0.15) is 17.7 Å². The molecule has 0 atom stereocenters. The van der Waals surface area contributed by atoms with Gasteiger partial charge in [-0.15, -0.1) is 0 Å². The number of carbonyl (C=O) groups is 2. The number of anilines is 2. The van der Waals surface area contributed by atoms with Crippen LogP contribution >= 0.6 is 0 Å². The molecule has 11 nitrogen and oxygen atoms in total. The van der Waals surface area contributed by atoms with E-state index in [-0.39, 0.29) is 18.9 Å². The fourth-order valence-corrected chi connectivity index (χ4v) is 1.93. The molecule has 0 spiro atoms. The molecule has 36 heavy (non-hydrogen) atoms. The van der Waals surface area contributed by atoms with Gasteiger partial charge in [0.2, 0.25) is 12.6 Å². The van der Waals surface area contributed by atoms with Gasteiger partial charge >= 0.3 is 6.09 Å².